The Morgan fingerprint density at radius 2 is 1.89 bits per heavy atom. The van der Waals surface area contributed by atoms with Gasteiger partial charge in [0.05, 0.1) is 13.1 Å². The van der Waals surface area contributed by atoms with Gasteiger partial charge in [-0.2, -0.15) is 0 Å². The summed E-state index contributed by atoms with van der Waals surface area (Å²) in [5, 5.41) is 3.03. The maximum atomic E-state index is 12.0. The molecule has 0 heterocycles. The molecule has 0 fully saturated rings. The minimum absolute atomic E-state index is 0.0342. The van der Waals surface area contributed by atoms with Crippen molar-refractivity contribution >= 4 is 17.5 Å². The van der Waals surface area contributed by atoms with Gasteiger partial charge in [-0.15, -0.1) is 0 Å². The van der Waals surface area contributed by atoms with Crippen LogP contribution in [-0.2, 0) is 9.59 Å². The standard InChI is InChI=1S/C14H21N3O2/c1-11(2)9-17(10-13(15)18)14(19)8-16-12-6-4-3-5-7-12/h3-7,11,16H,8-10H2,1-2H3,(H2,15,18). The van der Waals surface area contributed by atoms with Crippen LogP contribution < -0.4 is 11.1 Å². The Kier molecular flexibility index (Phi) is 5.85. The van der Waals surface area contributed by atoms with Crippen molar-refractivity contribution in [2.24, 2.45) is 11.7 Å². The molecule has 1 rings (SSSR count). The van der Waals surface area contributed by atoms with Crippen molar-refractivity contribution in [3.05, 3.63) is 30.3 Å². The molecule has 5 heteroatoms. The molecular weight excluding hydrogens is 242 g/mol. The highest BCUT2D eigenvalue weighted by molar-refractivity contribution is 5.86. The van der Waals surface area contributed by atoms with E-state index in [2.05, 4.69) is 5.32 Å². The lowest BCUT2D eigenvalue weighted by Crippen LogP contribution is -2.43. The summed E-state index contributed by atoms with van der Waals surface area (Å²) in [5.74, 6) is -0.329. The van der Waals surface area contributed by atoms with Crippen LogP contribution in [0.1, 0.15) is 13.8 Å². The first-order chi connectivity index (χ1) is 8.99. The maximum absolute atomic E-state index is 12.0. The average molecular weight is 263 g/mol. The van der Waals surface area contributed by atoms with E-state index in [0.29, 0.717) is 12.5 Å². The molecule has 0 aliphatic rings. The van der Waals surface area contributed by atoms with Gasteiger partial charge in [0.2, 0.25) is 11.8 Å². The van der Waals surface area contributed by atoms with Crippen molar-refractivity contribution in [1.29, 1.82) is 0 Å². The van der Waals surface area contributed by atoms with Crippen molar-refractivity contribution in [3.8, 4) is 0 Å². The fourth-order valence-electron chi connectivity index (χ4n) is 1.73. The van der Waals surface area contributed by atoms with Gasteiger partial charge >= 0.3 is 0 Å². The number of nitrogens with one attached hydrogen (secondary N) is 1. The zero-order chi connectivity index (χ0) is 14.3. The summed E-state index contributed by atoms with van der Waals surface area (Å²) >= 11 is 0. The molecule has 0 radical (unpaired) electrons. The molecular formula is C14H21N3O2. The Balaban J connectivity index is 2.54. The topological polar surface area (TPSA) is 75.4 Å². The number of hydrogen-bond donors (Lipinski definition) is 2. The Morgan fingerprint density at radius 1 is 1.26 bits per heavy atom. The Morgan fingerprint density at radius 3 is 2.42 bits per heavy atom. The van der Waals surface area contributed by atoms with E-state index in [-0.39, 0.29) is 19.0 Å². The van der Waals surface area contributed by atoms with Crippen LogP contribution in [0, 0.1) is 5.92 Å². The van der Waals surface area contributed by atoms with Gasteiger partial charge in [-0.25, -0.2) is 0 Å². The van der Waals surface area contributed by atoms with Crippen molar-refractivity contribution in [2.45, 2.75) is 13.8 Å². The molecule has 0 unspecified atom stereocenters. The summed E-state index contributed by atoms with van der Waals surface area (Å²) in [4.78, 5) is 24.5. The van der Waals surface area contributed by atoms with Crippen molar-refractivity contribution in [1.82, 2.24) is 4.90 Å². The van der Waals surface area contributed by atoms with E-state index in [4.69, 9.17) is 5.73 Å². The predicted octanol–water partition coefficient (Wildman–Crippen LogP) is 1.07. The molecule has 0 atom stereocenters. The first-order valence-electron chi connectivity index (χ1n) is 6.34. The lowest BCUT2D eigenvalue weighted by Gasteiger charge is -2.23. The highest BCUT2D eigenvalue weighted by Crippen LogP contribution is 2.05. The number of para-hydroxylation sites is 1. The lowest BCUT2D eigenvalue weighted by molar-refractivity contribution is -0.134. The number of amides is 2. The second kappa shape index (κ2) is 7.41. The van der Waals surface area contributed by atoms with Gasteiger partial charge in [0.25, 0.3) is 0 Å². The number of anilines is 1. The zero-order valence-electron chi connectivity index (χ0n) is 11.4. The molecule has 2 amide bonds. The van der Waals surface area contributed by atoms with Gasteiger partial charge in [0, 0.05) is 12.2 Å². The highest BCUT2D eigenvalue weighted by atomic mass is 16.2. The fourth-order valence-corrected chi connectivity index (χ4v) is 1.73. The molecule has 0 aliphatic heterocycles. The molecule has 104 valence electrons. The Bertz CT molecular complexity index is 418. The van der Waals surface area contributed by atoms with E-state index in [1.807, 2.05) is 44.2 Å². The fraction of sp³-hybridized carbons (Fsp3) is 0.429. The monoisotopic (exact) mass is 263 g/mol. The third kappa shape index (κ3) is 5.90. The minimum atomic E-state index is -0.492. The SMILES string of the molecule is CC(C)CN(CC(N)=O)C(=O)CNc1ccccc1. The van der Waals surface area contributed by atoms with Crippen LogP contribution in [0.5, 0.6) is 0 Å². The number of nitrogens with zero attached hydrogens (tertiary/aromatic N) is 1. The van der Waals surface area contributed by atoms with Gasteiger partial charge in [-0.05, 0) is 18.1 Å². The lowest BCUT2D eigenvalue weighted by atomic mass is 10.2. The van der Waals surface area contributed by atoms with E-state index in [9.17, 15) is 9.59 Å². The normalized spacial score (nSPS) is 10.3. The number of primary amides is 1. The highest BCUT2D eigenvalue weighted by Gasteiger charge is 2.16. The summed E-state index contributed by atoms with van der Waals surface area (Å²) < 4.78 is 0. The van der Waals surface area contributed by atoms with Gasteiger partial charge in [-0.1, -0.05) is 32.0 Å². The van der Waals surface area contributed by atoms with Crippen molar-refractivity contribution in [3.63, 3.8) is 0 Å². The number of hydrogen-bond acceptors (Lipinski definition) is 3. The third-order valence-electron chi connectivity index (χ3n) is 2.50. The minimum Gasteiger partial charge on any atom is -0.376 e. The quantitative estimate of drug-likeness (QED) is 0.772. The van der Waals surface area contributed by atoms with E-state index in [1.165, 1.54) is 4.90 Å². The molecule has 19 heavy (non-hydrogen) atoms. The molecule has 3 N–H and O–H groups in total. The summed E-state index contributed by atoms with van der Waals surface area (Å²) in [5.41, 5.74) is 6.04. The Labute approximate surface area is 113 Å². The summed E-state index contributed by atoms with van der Waals surface area (Å²) in [6.45, 7) is 4.63. The number of carbonyl (C=O) groups excluding carboxylic acids is 2. The molecule has 0 aromatic heterocycles. The summed E-state index contributed by atoms with van der Waals surface area (Å²) in [6, 6.07) is 9.46. The van der Waals surface area contributed by atoms with Crippen LogP contribution in [0.15, 0.2) is 30.3 Å². The van der Waals surface area contributed by atoms with Crippen LogP contribution in [0.4, 0.5) is 5.69 Å². The molecule has 0 bridgehead atoms. The Hall–Kier alpha value is -2.04. The molecule has 0 spiro atoms. The molecule has 1 aromatic carbocycles. The van der Waals surface area contributed by atoms with Crippen LogP contribution >= 0.6 is 0 Å². The van der Waals surface area contributed by atoms with Gasteiger partial charge in [0.15, 0.2) is 0 Å². The van der Waals surface area contributed by atoms with Gasteiger partial charge in [0.1, 0.15) is 0 Å². The van der Waals surface area contributed by atoms with Crippen molar-refractivity contribution in [2.75, 3.05) is 25.0 Å². The van der Waals surface area contributed by atoms with Crippen molar-refractivity contribution < 1.29 is 9.59 Å². The van der Waals surface area contributed by atoms with E-state index in [0.717, 1.165) is 5.69 Å². The van der Waals surface area contributed by atoms with Gasteiger partial charge < -0.3 is 16.0 Å². The zero-order valence-corrected chi connectivity index (χ0v) is 11.4. The van der Waals surface area contributed by atoms with Crippen LogP contribution in [0.25, 0.3) is 0 Å². The predicted molar refractivity (Wildman–Crippen MR) is 75.5 cm³/mol. The number of nitrogens with two attached hydrogens (primary N) is 1. The molecule has 0 aliphatic carbocycles. The van der Waals surface area contributed by atoms with Crippen LogP contribution in [0.2, 0.25) is 0 Å². The second-order valence-electron chi connectivity index (χ2n) is 4.85. The molecule has 5 nitrogen and oxygen atoms in total. The summed E-state index contributed by atoms with van der Waals surface area (Å²) in [7, 11) is 0. The number of rotatable bonds is 7. The van der Waals surface area contributed by atoms with Crippen LogP contribution in [-0.4, -0.2) is 36.3 Å². The van der Waals surface area contributed by atoms with Crippen LogP contribution in [0.3, 0.4) is 0 Å². The van der Waals surface area contributed by atoms with Gasteiger partial charge in [-0.3, -0.25) is 9.59 Å². The summed E-state index contributed by atoms with van der Waals surface area (Å²) in [6.07, 6.45) is 0. The van der Waals surface area contributed by atoms with E-state index >= 15 is 0 Å². The van der Waals surface area contributed by atoms with E-state index < -0.39 is 5.91 Å². The molecule has 0 saturated carbocycles. The number of carbonyl (C=O) groups is 2. The third-order valence-corrected chi connectivity index (χ3v) is 2.50. The first kappa shape index (κ1) is 15.0. The van der Waals surface area contributed by atoms with E-state index in [1.54, 1.807) is 0 Å². The maximum Gasteiger partial charge on any atom is 0.242 e. The number of benzene rings is 1. The molecule has 0 saturated heterocycles. The first-order valence-corrected chi connectivity index (χ1v) is 6.34. The smallest absolute Gasteiger partial charge is 0.242 e. The molecule has 1 aromatic rings. The average Bonchev–Trinajstić information content (AvgIpc) is 2.35. The largest absolute Gasteiger partial charge is 0.376 e. The second-order valence-corrected chi connectivity index (χ2v) is 4.85.